The Labute approximate surface area is 199 Å². The van der Waals surface area contributed by atoms with Gasteiger partial charge >= 0.3 is 0 Å². The van der Waals surface area contributed by atoms with E-state index in [2.05, 4.69) is 57.2 Å². The van der Waals surface area contributed by atoms with Gasteiger partial charge in [0.05, 0.1) is 26.1 Å². The number of Topliss-reactive ketones (excluding diaryl/α,β-unsaturated/α-hetero) is 1. The molecule has 0 amide bonds. The van der Waals surface area contributed by atoms with Gasteiger partial charge in [-0.3, -0.25) is 4.79 Å². The Hall–Kier alpha value is -2.07. The van der Waals surface area contributed by atoms with Gasteiger partial charge in [0, 0.05) is 24.5 Å². The minimum absolute atomic E-state index is 0.0438. The molecule has 4 heteroatoms. The van der Waals surface area contributed by atoms with Crippen LogP contribution in [0.25, 0.3) is 0 Å². The standard InChI is InChI=1S/C29H40O4/c1-28(2)21(15-19-7-10-22(31-4)11-8-19)13-14-29(3)26(28)18-25(32-5)23-16-20(17-24(23)30)9-12-27(29)33-6/h7-8,10-12,16,20-21,25-26H,9,13-15,17-18H2,1-6H3/b27-12+/t20-,21-,25-,26-,29-/m1/s1. The lowest BCUT2D eigenvalue weighted by atomic mass is 9.49. The molecule has 0 radical (unpaired) electrons. The van der Waals surface area contributed by atoms with E-state index >= 15 is 0 Å². The summed E-state index contributed by atoms with van der Waals surface area (Å²) in [4.78, 5) is 12.9. The number of methoxy groups -OCH3 is 3. The molecule has 1 fully saturated rings. The first kappa shape index (κ1) is 24.1. The van der Waals surface area contributed by atoms with Gasteiger partial charge in [-0.25, -0.2) is 0 Å². The number of hydrogen-bond donors (Lipinski definition) is 0. The van der Waals surface area contributed by atoms with Crippen LogP contribution in [0.5, 0.6) is 5.75 Å². The van der Waals surface area contributed by atoms with Gasteiger partial charge < -0.3 is 14.2 Å². The highest BCUT2D eigenvalue weighted by Crippen LogP contribution is 2.60. The second-order valence-electron chi connectivity index (χ2n) is 11.1. The summed E-state index contributed by atoms with van der Waals surface area (Å²) in [5.41, 5.74) is 2.21. The topological polar surface area (TPSA) is 44.8 Å². The molecule has 4 nitrogen and oxygen atoms in total. The molecule has 0 N–H and O–H groups in total. The molecular weight excluding hydrogens is 412 g/mol. The quantitative estimate of drug-likeness (QED) is 0.537. The second-order valence-corrected chi connectivity index (χ2v) is 11.1. The van der Waals surface area contributed by atoms with Gasteiger partial charge in [-0.15, -0.1) is 0 Å². The molecule has 33 heavy (non-hydrogen) atoms. The summed E-state index contributed by atoms with van der Waals surface area (Å²) < 4.78 is 17.4. The summed E-state index contributed by atoms with van der Waals surface area (Å²) in [5.74, 6) is 3.36. The van der Waals surface area contributed by atoms with E-state index in [0.29, 0.717) is 18.3 Å². The Morgan fingerprint density at radius 1 is 1.03 bits per heavy atom. The fourth-order valence-electron chi connectivity index (χ4n) is 6.97. The van der Waals surface area contributed by atoms with Crippen molar-refractivity contribution >= 4 is 5.78 Å². The van der Waals surface area contributed by atoms with Crippen LogP contribution in [0.2, 0.25) is 0 Å². The van der Waals surface area contributed by atoms with Crippen LogP contribution < -0.4 is 4.74 Å². The maximum absolute atomic E-state index is 12.9. The summed E-state index contributed by atoms with van der Waals surface area (Å²) in [6.07, 6.45) is 9.85. The van der Waals surface area contributed by atoms with E-state index < -0.39 is 0 Å². The molecular formula is C29H40O4. The highest BCUT2D eigenvalue weighted by molar-refractivity contribution is 5.99. The lowest BCUT2D eigenvalue weighted by molar-refractivity contribution is -0.117. The summed E-state index contributed by atoms with van der Waals surface area (Å²) >= 11 is 0. The third-order valence-corrected chi connectivity index (χ3v) is 9.03. The molecule has 4 rings (SSSR count). The molecule has 0 aromatic heterocycles. The highest BCUT2D eigenvalue weighted by Gasteiger charge is 2.54. The minimum atomic E-state index is -0.151. The predicted molar refractivity (Wildman–Crippen MR) is 131 cm³/mol. The Morgan fingerprint density at radius 2 is 1.76 bits per heavy atom. The number of benzene rings is 1. The average Bonchev–Trinajstić information content (AvgIpc) is 3.16. The Morgan fingerprint density at radius 3 is 2.39 bits per heavy atom. The third kappa shape index (κ3) is 4.39. The molecule has 180 valence electrons. The summed E-state index contributed by atoms with van der Waals surface area (Å²) in [6.45, 7) is 7.22. The van der Waals surface area contributed by atoms with Crippen molar-refractivity contribution in [1.82, 2.24) is 0 Å². The van der Waals surface area contributed by atoms with Gasteiger partial charge in [0.1, 0.15) is 5.75 Å². The van der Waals surface area contributed by atoms with Crippen LogP contribution in [-0.4, -0.2) is 33.2 Å². The van der Waals surface area contributed by atoms with E-state index in [9.17, 15) is 4.79 Å². The molecule has 0 aliphatic heterocycles. The first-order valence-electron chi connectivity index (χ1n) is 12.4. The molecule has 5 atom stereocenters. The highest BCUT2D eigenvalue weighted by atomic mass is 16.5. The first-order valence-corrected chi connectivity index (χ1v) is 12.4. The van der Waals surface area contributed by atoms with Gasteiger partial charge in [-0.2, -0.15) is 0 Å². The summed E-state index contributed by atoms with van der Waals surface area (Å²) in [6, 6.07) is 8.49. The number of carbonyl (C=O) groups is 1. The molecule has 1 aromatic carbocycles. The van der Waals surface area contributed by atoms with Crippen LogP contribution in [0.3, 0.4) is 0 Å². The molecule has 0 unspecified atom stereocenters. The van der Waals surface area contributed by atoms with Crippen molar-refractivity contribution in [2.45, 2.75) is 65.4 Å². The van der Waals surface area contributed by atoms with Crippen LogP contribution >= 0.6 is 0 Å². The van der Waals surface area contributed by atoms with Crippen molar-refractivity contribution in [2.75, 3.05) is 21.3 Å². The smallest absolute Gasteiger partial charge is 0.161 e. The fraction of sp³-hybridized carbons (Fsp3) is 0.621. The van der Waals surface area contributed by atoms with E-state index in [1.807, 2.05) is 7.11 Å². The zero-order valence-electron chi connectivity index (χ0n) is 21.1. The van der Waals surface area contributed by atoms with Gasteiger partial charge in [0.15, 0.2) is 5.78 Å². The van der Waals surface area contributed by atoms with Crippen LogP contribution in [0.1, 0.15) is 58.4 Å². The van der Waals surface area contributed by atoms with Crippen molar-refractivity contribution < 1.29 is 19.0 Å². The third-order valence-electron chi connectivity index (χ3n) is 9.03. The molecule has 1 aromatic rings. The zero-order chi connectivity index (χ0) is 23.8. The molecule has 1 saturated carbocycles. The average molecular weight is 453 g/mol. The van der Waals surface area contributed by atoms with Crippen LogP contribution in [0, 0.1) is 28.6 Å². The molecule has 3 aliphatic carbocycles. The van der Waals surface area contributed by atoms with Crippen molar-refractivity contribution in [3.8, 4) is 5.75 Å². The van der Waals surface area contributed by atoms with E-state index in [0.717, 1.165) is 49.2 Å². The normalized spacial score (nSPS) is 35.2. The van der Waals surface area contributed by atoms with Gasteiger partial charge in [0.25, 0.3) is 0 Å². The molecule has 2 bridgehead atoms. The predicted octanol–water partition coefficient (Wildman–Crippen LogP) is 6.15. The van der Waals surface area contributed by atoms with Gasteiger partial charge in [0.2, 0.25) is 0 Å². The van der Waals surface area contributed by atoms with Crippen LogP contribution in [0.15, 0.2) is 47.7 Å². The minimum Gasteiger partial charge on any atom is -0.501 e. The van der Waals surface area contributed by atoms with Crippen molar-refractivity contribution in [3.63, 3.8) is 0 Å². The van der Waals surface area contributed by atoms with Crippen LogP contribution in [0.4, 0.5) is 0 Å². The molecule has 0 heterocycles. The fourth-order valence-corrected chi connectivity index (χ4v) is 6.97. The lowest BCUT2D eigenvalue weighted by Crippen LogP contribution is -2.50. The number of hydrogen-bond acceptors (Lipinski definition) is 4. The maximum Gasteiger partial charge on any atom is 0.161 e. The van der Waals surface area contributed by atoms with E-state index in [4.69, 9.17) is 14.2 Å². The van der Waals surface area contributed by atoms with Crippen molar-refractivity contribution in [3.05, 3.63) is 53.3 Å². The SMILES string of the molecule is CO/C1=C/C[C@@H]2C=C(C(=O)C2)[C@H](OC)C[C@@H]2C(C)(C)[C@@H](Cc3ccc(OC)cc3)CC[C@@]12C. The monoisotopic (exact) mass is 452 g/mol. The van der Waals surface area contributed by atoms with E-state index in [-0.39, 0.29) is 28.6 Å². The van der Waals surface area contributed by atoms with Crippen molar-refractivity contribution in [1.29, 1.82) is 0 Å². The summed E-state index contributed by atoms with van der Waals surface area (Å²) in [7, 11) is 5.28. The van der Waals surface area contributed by atoms with Gasteiger partial charge in [-0.1, -0.05) is 39.0 Å². The number of ether oxygens (including phenoxy) is 3. The van der Waals surface area contributed by atoms with E-state index in [1.165, 1.54) is 5.56 Å². The molecule has 3 aliphatic rings. The number of rotatable bonds is 5. The van der Waals surface area contributed by atoms with Crippen molar-refractivity contribution in [2.24, 2.45) is 28.6 Å². The molecule has 0 spiro atoms. The second kappa shape index (κ2) is 9.29. The largest absolute Gasteiger partial charge is 0.501 e. The Bertz CT molecular complexity index is 925. The first-order chi connectivity index (χ1) is 15.7. The van der Waals surface area contributed by atoms with Gasteiger partial charge in [-0.05, 0) is 79.0 Å². The number of carbonyl (C=O) groups excluding carboxylic acids is 1. The lowest BCUT2D eigenvalue weighted by Gasteiger charge is -2.56. The number of fused-ring (bicyclic) bond motifs is 2. The number of ketones is 1. The Kier molecular flexibility index (Phi) is 6.77. The zero-order valence-corrected chi connectivity index (χ0v) is 21.1. The van der Waals surface area contributed by atoms with Crippen LogP contribution in [-0.2, 0) is 20.7 Å². The Balaban J connectivity index is 1.70. The summed E-state index contributed by atoms with van der Waals surface area (Å²) in [5, 5.41) is 0. The maximum atomic E-state index is 12.9. The number of allylic oxidation sites excluding steroid dienone is 3. The van der Waals surface area contributed by atoms with E-state index in [1.54, 1.807) is 14.2 Å². The molecule has 0 saturated heterocycles.